The van der Waals surface area contributed by atoms with Crippen molar-refractivity contribution in [3.05, 3.63) is 24.3 Å². The number of nitrogens with zero attached hydrogens (tertiary/aromatic N) is 3. The normalized spacial score (nSPS) is 12.2. The van der Waals surface area contributed by atoms with Gasteiger partial charge < -0.3 is 14.4 Å². The topological polar surface area (TPSA) is 64.6 Å². The van der Waals surface area contributed by atoms with Crippen molar-refractivity contribution in [3.63, 3.8) is 0 Å². The van der Waals surface area contributed by atoms with Crippen LogP contribution in [0.2, 0.25) is 0 Å². The second kappa shape index (κ2) is 7.73. The number of carbonyl (C=O) groups excluding carboxylic acids is 1. The lowest BCUT2D eigenvalue weighted by atomic mass is 10.2. The Bertz CT molecular complexity index is 359. The van der Waals surface area contributed by atoms with E-state index in [1.165, 1.54) is 6.33 Å². The fourth-order valence-corrected chi connectivity index (χ4v) is 1.37. The monoisotopic (exact) mass is 253 g/mol. The Kier molecular flexibility index (Phi) is 6.24. The van der Waals surface area contributed by atoms with E-state index in [-0.39, 0.29) is 18.6 Å². The van der Waals surface area contributed by atoms with Crippen LogP contribution in [0, 0.1) is 0 Å². The van der Waals surface area contributed by atoms with Gasteiger partial charge in [-0.1, -0.05) is 0 Å². The molecule has 0 unspecified atom stereocenters. The van der Waals surface area contributed by atoms with Gasteiger partial charge in [-0.05, 0) is 13.0 Å². The molecular weight excluding hydrogens is 234 g/mol. The molecule has 0 aliphatic rings. The highest BCUT2D eigenvalue weighted by molar-refractivity contribution is 5.77. The largest absolute Gasteiger partial charge is 0.382 e. The highest BCUT2D eigenvalue weighted by Crippen LogP contribution is 2.15. The van der Waals surface area contributed by atoms with Crippen LogP contribution in [0.1, 0.15) is 18.7 Å². The van der Waals surface area contributed by atoms with E-state index >= 15 is 0 Å². The molecule has 0 N–H and O–H groups in total. The van der Waals surface area contributed by atoms with Gasteiger partial charge in [0.1, 0.15) is 12.9 Å². The summed E-state index contributed by atoms with van der Waals surface area (Å²) in [4.78, 5) is 21.4. The maximum atomic E-state index is 11.8. The second-order valence-electron chi connectivity index (χ2n) is 3.86. The predicted molar refractivity (Wildman–Crippen MR) is 65.9 cm³/mol. The molecule has 0 spiro atoms. The minimum atomic E-state index is -0.105. The third kappa shape index (κ3) is 4.38. The fraction of sp³-hybridized carbons (Fsp3) is 0.583. The first-order chi connectivity index (χ1) is 8.66. The Morgan fingerprint density at radius 2 is 2.28 bits per heavy atom. The number of likely N-dealkylation sites (N-methyl/N-ethyl adjacent to an activating group) is 1. The lowest BCUT2D eigenvalue weighted by molar-refractivity contribution is -0.137. The number of hydrogen-bond donors (Lipinski definition) is 0. The molecule has 0 saturated heterocycles. The maximum Gasteiger partial charge on any atom is 0.248 e. The average molecular weight is 253 g/mol. The summed E-state index contributed by atoms with van der Waals surface area (Å²) in [5, 5.41) is 0. The maximum absolute atomic E-state index is 11.8. The van der Waals surface area contributed by atoms with Crippen LogP contribution in [0.25, 0.3) is 0 Å². The molecule has 0 aliphatic heterocycles. The average Bonchev–Trinajstić information content (AvgIpc) is 2.42. The van der Waals surface area contributed by atoms with Crippen LogP contribution >= 0.6 is 0 Å². The molecular formula is C12H19N3O3. The first kappa shape index (κ1) is 14.5. The molecule has 1 atom stereocenters. The predicted octanol–water partition coefficient (Wildman–Crippen LogP) is 0.659. The summed E-state index contributed by atoms with van der Waals surface area (Å²) < 4.78 is 10.0. The van der Waals surface area contributed by atoms with E-state index in [2.05, 4.69) is 9.97 Å². The third-order valence-corrected chi connectivity index (χ3v) is 2.66. The van der Waals surface area contributed by atoms with Crippen LogP contribution in [0.4, 0.5) is 0 Å². The Hall–Kier alpha value is -1.53. The van der Waals surface area contributed by atoms with Crippen molar-refractivity contribution >= 4 is 5.91 Å². The van der Waals surface area contributed by atoms with E-state index in [4.69, 9.17) is 9.47 Å². The molecule has 1 rings (SSSR count). The first-order valence-corrected chi connectivity index (χ1v) is 5.75. The molecule has 100 valence electrons. The molecule has 1 heterocycles. The summed E-state index contributed by atoms with van der Waals surface area (Å²) in [6.07, 6.45) is 3.13. The van der Waals surface area contributed by atoms with Gasteiger partial charge in [-0.2, -0.15) is 0 Å². The molecule has 6 heteroatoms. The van der Waals surface area contributed by atoms with Gasteiger partial charge in [-0.3, -0.25) is 4.79 Å². The molecule has 0 aliphatic carbocycles. The van der Waals surface area contributed by atoms with Gasteiger partial charge in [-0.15, -0.1) is 0 Å². The Morgan fingerprint density at radius 3 is 2.89 bits per heavy atom. The lowest BCUT2D eigenvalue weighted by Crippen LogP contribution is -2.33. The lowest BCUT2D eigenvalue weighted by Gasteiger charge is -2.24. The fourth-order valence-electron chi connectivity index (χ4n) is 1.37. The van der Waals surface area contributed by atoms with E-state index in [1.54, 1.807) is 31.3 Å². The summed E-state index contributed by atoms with van der Waals surface area (Å²) in [6, 6.07) is 1.69. The number of carbonyl (C=O) groups is 1. The number of amides is 1. The minimum Gasteiger partial charge on any atom is -0.382 e. The molecule has 18 heavy (non-hydrogen) atoms. The minimum absolute atomic E-state index is 0.0509. The Morgan fingerprint density at radius 1 is 1.50 bits per heavy atom. The number of hydrogen-bond acceptors (Lipinski definition) is 5. The highest BCUT2D eigenvalue weighted by atomic mass is 16.5. The van der Waals surface area contributed by atoms with Gasteiger partial charge >= 0.3 is 0 Å². The van der Waals surface area contributed by atoms with Crippen LogP contribution in [0.3, 0.4) is 0 Å². The Labute approximate surface area is 107 Å². The van der Waals surface area contributed by atoms with E-state index < -0.39 is 0 Å². The van der Waals surface area contributed by atoms with Crippen molar-refractivity contribution in [2.75, 3.05) is 34.0 Å². The molecule has 0 radical (unpaired) electrons. The molecule has 0 fully saturated rings. The number of ether oxygens (including phenoxy) is 2. The molecule has 1 aromatic heterocycles. The van der Waals surface area contributed by atoms with Crippen LogP contribution in [0.15, 0.2) is 18.6 Å². The van der Waals surface area contributed by atoms with Crippen LogP contribution < -0.4 is 0 Å². The van der Waals surface area contributed by atoms with Crippen molar-refractivity contribution in [2.45, 2.75) is 13.0 Å². The first-order valence-electron chi connectivity index (χ1n) is 5.75. The quantitative estimate of drug-likeness (QED) is 0.668. The van der Waals surface area contributed by atoms with Crippen molar-refractivity contribution < 1.29 is 14.3 Å². The van der Waals surface area contributed by atoms with Crippen LogP contribution in [-0.4, -0.2) is 54.8 Å². The van der Waals surface area contributed by atoms with Crippen LogP contribution in [0.5, 0.6) is 0 Å². The summed E-state index contributed by atoms with van der Waals surface area (Å²) in [6.45, 7) is 2.86. The molecule has 1 amide bonds. The summed E-state index contributed by atoms with van der Waals surface area (Å²) in [5.41, 5.74) is 0.803. The van der Waals surface area contributed by atoms with E-state index in [1.807, 2.05) is 6.92 Å². The zero-order valence-corrected chi connectivity index (χ0v) is 11.0. The molecule has 0 bridgehead atoms. The summed E-state index contributed by atoms with van der Waals surface area (Å²) in [7, 11) is 3.32. The van der Waals surface area contributed by atoms with E-state index in [0.29, 0.717) is 13.2 Å². The van der Waals surface area contributed by atoms with Crippen LogP contribution in [-0.2, 0) is 14.3 Å². The zero-order valence-electron chi connectivity index (χ0n) is 11.0. The summed E-state index contributed by atoms with van der Waals surface area (Å²) >= 11 is 0. The highest BCUT2D eigenvalue weighted by Gasteiger charge is 2.18. The third-order valence-electron chi connectivity index (χ3n) is 2.66. The summed E-state index contributed by atoms with van der Waals surface area (Å²) in [5.74, 6) is -0.0859. The molecule has 0 aromatic carbocycles. The number of aromatic nitrogens is 2. The van der Waals surface area contributed by atoms with Crippen molar-refractivity contribution in [3.8, 4) is 0 Å². The SMILES string of the molecule is COCCOCC(=O)N(C)[C@H](C)c1ccncn1. The smallest absolute Gasteiger partial charge is 0.248 e. The Balaban J connectivity index is 2.43. The molecule has 6 nitrogen and oxygen atoms in total. The van der Waals surface area contributed by atoms with E-state index in [0.717, 1.165) is 5.69 Å². The van der Waals surface area contributed by atoms with Gasteiger partial charge in [-0.25, -0.2) is 9.97 Å². The van der Waals surface area contributed by atoms with Crippen molar-refractivity contribution in [2.24, 2.45) is 0 Å². The second-order valence-corrected chi connectivity index (χ2v) is 3.86. The molecule has 1 aromatic rings. The van der Waals surface area contributed by atoms with Gasteiger partial charge in [0, 0.05) is 20.4 Å². The van der Waals surface area contributed by atoms with Gasteiger partial charge in [0.2, 0.25) is 5.91 Å². The van der Waals surface area contributed by atoms with E-state index in [9.17, 15) is 4.79 Å². The standard InChI is InChI=1S/C12H19N3O3/c1-10(11-4-5-13-9-14-11)15(2)12(16)8-18-7-6-17-3/h4-5,9-10H,6-8H2,1-3H3/t10-/m1/s1. The van der Waals surface area contributed by atoms with Crippen molar-refractivity contribution in [1.82, 2.24) is 14.9 Å². The van der Waals surface area contributed by atoms with Gasteiger partial charge in [0.25, 0.3) is 0 Å². The zero-order chi connectivity index (χ0) is 13.4. The number of methoxy groups -OCH3 is 1. The van der Waals surface area contributed by atoms with Gasteiger partial charge in [0.15, 0.2) is 0 Å². The number of rotatable bonds is 7. The molecule has 0 saturated carbocycles. The van der Waals surface area contributed by atoms with Crippen molar-refractivity contribution in [1.29, 1.82) is 0 Å². The van der Waals surface area contributed by atoms with Gasteiger partial charge in [0.05, 0.1) is 24.9 Å².